The molecule has 0 aliphatic heterocycles. The molecule has 0 saturated carbocycles. The fourth-order valence-corrected chi connectivity index (χ4v) is 4.03. The highest BCUT2D eigenvalue weighted by Crippen LogP contribution is 2.40. The number of rotatable bonds is 8. The number of halogens is 3. The van der Waals surface area contributed by atoms with E-state index in [9.17, 15) is 30.9 Å². The van der Waals surface area contributed by atoms with E-state index in [1.807, 2.05) is 20.8 Å². The molecule has 204 valence electrons. The van der Waals surface area contributed by atoms with Crippen molar-refractivity contribution in [2.45, 2.75) is 43.7 Å². The molecular weight excluding hydrogens is 525 g/mol. The van der Waals surface area contributed by atoms with Gasteiger partial charge in [0.15, 0.2) is 5.75 Å². The third-order valence-electron chi connectivity index (χ3n) is 6.01. The number of carbonyl (C=O) groups excluding carboxylic acids is 1. The summed E-state index contributed by atoms with van der Waals surface area (Å²) in [4.78, 5) is 12.0. The van der Waals surface area contributed by atoms with Gasteiger partial charge in [-0.1, -0.05) is 26.8 Å². The lowest BCUT2D eigenvalue weighted by atomic mass is 9.82. The van der Waals surface area contributed by atoms with Crippen LogP contribution in [0, 0.1) is 0 Å². The summed E-state index contributed by atoms with van der Waals surface area (Å²) in [5.74, 6) is -0.0793. The fraction of sp³-hybridized carbons (Fsp3) is 0.269. The van der Waals surface area contributed by atoms with E-state index in [4.69, 9.17) is 9.47 Å². The molecule has 0 aliphatic rings. The first-order chi connectivity index (χ1) is 17.6. The Hall–Kier alpha value is -3.77. The summed E-state index contributed by atoms with van der Waals surface area (Å²) in [6.07, 6.45) is -4.07. The number of benzene rings is 3. The lowest BCUT2D eigenvalue weighted by Gasteiger charge is -2.24. The van der Waals surface area contributed by atoms with E-state index in [1.165, 1.54) is 31.4 Å². The van der Waals surface area contributed by atoms with Crippen LogP contribution >= 0.6 is 0 Å². The second kappa shape index (κ2) is 10.9. The van der Waals surface area contributed by atoms with Gasteiger partial charge in [0.2, 0.25) is 0 Å². The van der Waals surface area contributed by atoms with Crippen molar-refractivity contribution in [2.24, 2.45) is 0 Å². The maximum atomic E-state index is 13.4. The van der Waals surface area contributed by atoms with Gasteiger partial charge in [-0.05, 0) is 72.0 Å². The Morgan fingerprint density at radius 1 is 0.921 bits per heavy atom. The summed E-state index contributed by atoms with van der Waals surface area (Å²) in [7, 11) is -3.31. The van der Waals surface area contributed by atoms with E-state index in [0.29, 0.717) is 29.5 Å². The van der Waals surface area contributed by atoms with E-state index in [-0.39, 0.29) is 17.2 Å². The number of hydrogen-bond acceptors (Lipinski definition) is 5. The Bertz CT molecular complexity index is 1420. The molecule has 0 radical (unpaired) electrons. The smallest absolute Gasteiger partial charge is 0.416 e. The third-order valence-corrected chi connectivity index (χ3v) is 6.88. The molecule has 0 saturated heterocycles. The van der Waals surface area contributed by atoms with Gasteiger partial charge in [-0.3, -0.25) is 4.55 Å². The van der Waals surface area contributed by atoms with Gasteiger partial charge in [0.25, 0.3) is 10.1 Å². The van der Waals surface area contributed by atoms with Gasteiger partial charge in [-0.15, -0.1) is 0 Å². The lowest BCUT2D eigenvalue weighted by molar-refractivity contribution is -0.137. The van der Waals surface area contributed by atoms with Crippen LogP contribution in [0.1, 0.15) is 38.3 Å². The van der Waals surface area contributed by atoms with E-state index < -0.39 is 38.2 Å². The summed E-state index contributed by atoms with van der Waals surface area (Å²) in [6.45, 7) is 5.68. The van der Waals surface area contributed by atoms with Gasteiger partial charge in [-0.2, -0.15) is 21.6 Å². The molecule has 12 heteroatoms. The minimum absolute atomic E-state index is 0.282. The van der Waals surface area contributed by atoms with Crippen LogP contribution in [0.4, 0.5) is 29.3 Å². The summed E-state index contributed by atoms with van der Waals surface area (Å²) < 4.78 is 85.0. The number of urea groups is 1. The predicted molar refractivity (Wildman–Crippen MR) is 137 cm³/mol. The first-order valence-corrected chi connectivity index (χ1v) is 12.8. The zero-order valence-electron chi connectivity index (χ0n) is 21.0. The Balaban J connectivity index is 2.00. The van der Waals surface area contributed by atoms with Crippen LogP contribution in [0.2, 0.25) is 0 Å². The largest absolute Gasteiger partial charge is 0.497 e. The quantitative estimate of drug-likeness (QED) is 0.257. The van der Waals surface area contributed by atoms with Gasteiger partial charge < -0.3 is 20.1 Å². The Morgan fingerprint density at radius 3 is 2.08 bits per heavy atom. The van der Waals surface area contributed by atoms with Gasteiger partial charge in [0.05, 0.1) is 18.4 Å². The third kappa shape index (κ3) is 6.95. The SMILES string of the molecule is CCC(C)(C)c1ccc(Oc2ccc(C(F)(F)F)cc2NC(=O)Nc2ccc(OC)cc2)c(S(=O)(=O)O)c1. The van der Waals surface area contributed by atoms with E-state index in [0.717, 1.165) is 12.1 Å². The molecule has 0 bridgehead atoms. The van der Waals surface area contributed by atoms with E-state index >= 15 is 0 Å². The number of anilines is 2. The maximum Gasteiger partial charge on any atom is 0.416 e. The van der Waals surface area contributed by atoms with Crippen molar-refractivity contribution in [2.75, 3.05) is 17.7 Å². The van der Waals surface area contributed by atoms with Crippen LogP contribution in [0.3, 0.4) is 0 Å². The van der Waals surface area contributed by atoms with Crippen molar-refractivity contribution in [3.8, 4) is 17.2 Å². The second-order valence-corrected chi connectivity index (χ2v) is 10.4. The van der Waals surface area contributed by atoms with E-state index in [1.54, 1.807) is 18.2 Å². The Kier molecular flexibility index (Phi) is 8.27. The van der Waals surface area contributed by atoms with E-state index in [2.05, 4.69) is 10.6 Å². The topological polar surface area (TPSA) is 114 Å². The first-order valence-electron chi connectivity index (χ1n) is 11.4. The molecule has 3 N–H and O–H groups in total. The zero-order chi connectivity index (χ0) is 28.3. The van der Waals surface area contributed by atoms with Crippen molar-refractivity contribution in [3.63, 3.8) is 0 Å². The Morgan fingerprint density at radius 2 is 1.53 bits per heavy atom. The van der Waals surface area contributed by atoms with Crippen LogP contribution in [-0.2, 0) is 21.7 Å². The standard InChI is InChI=1S/C26H27F3N2O6S/c1-5-25(2,3)16-6-13-22(23(15-16)38(33,34)35)37-21-12-7-17(26(27,28)29)14-20(21)31-24(32)30-18-8-10-19(36-4)11-9-18/h6-15H,5H2,1-4H3,(H2,30,31,32)(H,33,34,35). The molecule has 0 aliphatic carbocycles. The van der Waals surface area contributed by atoms with Crippen LogP contribution in [0.5, 0.6) is 17.2 Å². The van der Waals surface area contributed by atoms with Crippen molar-refractivity contribution < 1.29 is 40.4 Å². The van der Waals surface area contributed by atoms with Crippen molar-refractivity contribution in [1.29, 1.82) is 0 Å². The van der Waals surface area contributed by atoms with Gasteiger partial charge in [0.1, 0.15) is 16.4 Å². The molecule has 8 nitrogen and oxygen atoms in total. The van der Waals surface area contributed by atoms with Crippen LogP contribution < -0.4 is 20.1 Å². The molecule has 0 atom stereocenters. The first kappa shape index (κ1) is 28.8. The molecule has 0 unspecified atom stereocenters. The molecule has 3 aromatic carbocycles. The molecule has 2 amide bonds. The highest BCUT2D eigenvalue weighted by molar-refractivity contribution is 7.86. The van der Waals surface area contributed by atoms with Crippen molar-refractivity contribution in [3.05, 3.63) is 71.8 Å². The monoisotopic (exact) mass is 552 g/mol. The van der Waals surface area contributed by atoms with Gasteiger partial charge >= 0.3 is 12.2 Å². The number of ether oxygens (including phenoxy) is 2. The molecule has 3 aromatic rings. The average molecular weight is 553 g/mol. The maximum absolute atomic E-state index is 13.4. The number of amides is 2. The number of hydrogen-bond donors (Lipinski definition) is 3. The second-order valence-electron chi connectivity index (χ2n) is 8.99. The molecule has 0 fully saturated rings. The summed E-state index contributed by atoms with van der Waals surface area (Å²) >= 11 is 0. The van der Waals surface area contributed by atoms with Crippen LogP contribution in [0.15, 0.2) is 65.6 Å². The minimum Gasteiger partial charge on any atom is -0.497 e. The summed E-state index contributed by atoms with van der Waals surface area (Å²) in [5.41, 5.74) is -0.951. The highest BCUT2D eigenvalue weighted by atomic mass is 32.2. The van der Waals surface area contributed by atoms with Crippen molar-refractivity contribution >= 4 is 27.5 Å². The average Bonchev–Trinajstić information content (AvgIpc) is 2.84. The molecule has 38 heavy (non-hydrogen) atoms. The molecule has 0 heterocycles. The van der Waals surface area contributed by atoms with Crippen LogP contribution in [-0.4, -0.2) is 26.1 Å². The normalized spacial score (nSPS) is 12.1. The highest BCUT2D eigenvalue weighted by Gasteiger charge is 2.32. The molecule has 3 rings (SSSR count). The van der Waals surface area contributed by atoms with Crippen molar-refractivity contribution in [1.82, 2.24) is 0 Å². The summed E-state index contributed by atoms with van der Waals surface area (Å²) in [5, 5.41) is 4.78. The fourth-order valence-electron chi connectivity index (χ4n) is 3.39. The lowest BCUT2D eigenvalue weighted by Crippen LogP contribution is -2.20. The number of methoxy groups -OCH3 is 1. The van der Waals surface area contributed by atoms with Gasteiger partial charge in [-0.25, -0.2) is 4.79 Å². The van der Waals surface area contributed by atoms with Crippen LogP contribution in [0.25, 0.3) is 0 Å². The minimum atomic E-state index is -4.77. The Labute approximate surface area is 218 Å². The zero-order valence-corrected chi connectivity index (χ0v) is 21.8. The number of nitrogens with one attached hydrogen (secondary N) is 2. The molecular formula is C26H27F3N2O6S. The van der Waals surface area contributed by atoms with Gasteiger partial charge in [0, 0.05) is 5.69 Å². The summed E-state index contributed by atoms with van der Waals surface area (Å²) in [6, 6.07) is 11.8. The number of carbonyl (C=O) groups is 1. The number of alkyl halides is 3. The predicted octanol–water partition coefficient (Wildman–Crippen LogP) is 7.08. The molecule has 0 aromatic heterocycles. The molecule has 0 spiro atoms.